The fourth-order valence-corrected chi connectivity index (χ4v) is 3.62. The van der Waals surface area contributed by atoms with E-state index < -0.39 is 0 Å². The van der Waals surface area contributed by atoms with Crippen LogP contribution in [-0.2, 0) is 0 Å². The van der Waals surface area contributed by atoms with Crippen LogP contribution in [0.1, 0.15) is 23.6 Å². The van der Waals surface area contributed by atoms with Crippen LogP contribution in [0.2, 0.25) is 5.02 Å². The van der Waals surface area contributed by atoms with Crippen molar-refractivity contribution in [3.8, 4) is 0 Å². The molecule has 0 unspecified atom stereocenters. The molecule has 0 aliphatic rings. The summed E-state index contributed by atoms with van der Waals surface area (Å²) >= 11 is 7.81. The number of halogens is 1. The number of urea groups is 1. The monoisotopic (exact) mass is 348 g/mol. The van der Waals surface area contributed by atoms with Crippen LogP contribution in [0.15, 0.2) is 40.1 Å². The second-order valence-electron chi connectivity index (χ2n) is 5.44. The maximum absolute atomic E-state index is 11.7. The zero-order chi connectivity index (χ0) is 17.0. The third-order valence-corrected chi connectivity index (χ3v) is 5.16. The number of amides is 2. The van der Waals surface area contributed by atoms with Gasteiger partial charge in [0.15, 0.2) is 0 Å². The molecule has 0 aliphatic carbocycles. The topological polar surface area (TPSA) is 41.1 Å². The van der Waals surface area contributed by atoms with Gasteiger partial charge in [0.2, 0.25) is 0 Å². The van der Waals surface area contributed by atoms with Crippen LogP contribution >= 0.6 is 23.4 Å². The Balaban J connectivity index is 2.27. The van der Waals surface area contributed by atoms with Crippen LogP contribution in [0.5, 0.6) is 0 Å². The molecule has 0 heterocycles. The third-order valence-electron chi connectivity index (χ3n) is 3.42. The molecule has 0 bridgehead atoms. The quantitative estimate of drug-likeness (QED) is 0.759. The van der Waals surface area contributed by atoms with E-state index in [4.69, 9.17) is 11.6 Å². The van der Waals surface area contributed by atoms with Gasteiger partial charge in [-0.1, -0.05) is 29.4 Å². The molecule has 2 aromatic carbocycles. The zero-order valence-electron chi connectivity index (χ0n) is 13.8. The molecule has 2 amide bonds. The maximum Gasteiger partial charge on any atom is 0.319 e. The van der Waals surface area contributed by atoms with Crippen molar-refractivity contribution in [2.75, 3.05) is 11.9 Å². The van der Waals surface area contributed by atoms with E-state index in [2.05, 4.69) is 31.4 Å². The van der Waals surface area contributed by atoms with Gasteiger partial charge in [-0.15, -0.1) is 0 Å². The second kappa shape index (κ2) is 7.75. The first-order valence-electron chi connectivity index (χ1n) is 7.50. The van der Waals surface area contributed by atoms with Gasteiger partial charge in [-0.3, -0.25) is 0 Å². The summed E-state index contributed by atoms with van der Waals surface area (Å²) in [5.74, 6) is 0. The number of carbonyl (C=O) groups is 1. The standard InChI is InChI=1S/C18H21ClN2OS/c1-5-20-18(22)21-15-8-12(3)17(13(4)9-15)23-16-10-14(19)7-6-11(16)2/h6-10H,5H2,1-4H3,(H2,20,21,22). The Hall–Kier alpha value is -1.65. The largest absolute Gasteiger partial charge is 0.338 e. The van der Waals surface area contributed by atoms with Crippen LogP contribution < -0.4 is 10.6 Å². The molecule has 3 nitrogen and oxygen atoms in total. The van der Waals surface area contributed by atoms with E-state index in [1.165, 1.54) is 10.5 Å². The number of anilines is 1. The molecule has 5 heteroatoms. The number of hydrogen-bond acceptors (Lipinski definition) is 2. The Morgan fingerprint density at radius 2 is 1.74 bits per heavy atom. The Labute approximate surface area is 146 Å². The van der Waals surface area contributed by atoms with Crippen LogP contribution in [0.25, 0.3) is 0 Å². The predicted molar refractivity (Wildman–Crippen MR) is 98.9 cm³/mol. The smallest absolute Gasteiger partial charge is 0.319 e. The van der Waals surface area contributed by atoms with E-state index >= 15 is 0 Å². The number of benzene rings is 2. The van der Waals surface area contributed by atoms with Crippen molar-refractivity contribution in [3.63, 3.8) is 0 Å². The summed E-state index contributed by atoms with van der Waals surface area (Å²) in [5, 5.41) is 6.33. The number of hydrogen-bond donors (Lipinski definition) is 2. The van der Waals surface area contributed by atoms with Crippen molar-refractivity contribution in [2.45, 2.75) is 37.5 Å². The summed E-state index contributed by atoms with van der Waals surface area (Å²) in [5.41, 5.74) is 4.25. The molecular formula is C18H21ClN2OS. The van der Waals surface area contributed by atoms with E-state index in [0.29, 0.717) is 6.54 Å². The van der Waals surface area contributed by atoms with Gasteiger partial charge >= 0.3 is 6.03 Å². The number of aryl methyl sites for hydroxylation is 3. The van der Waals surface area contributed by atoms with Gasteiger partial charge in [0, 0.05) is 27.0 Å². The lowest BCUT2D eigenvalue weighted by Gasteiger charge is -2.14. The van der Waals surface area contributed by atoms with E-state index in [1.807, 2.05) is 37.3 Å². The van der Waals surface area contributed by atoms with Crippen LogP contribution in [-0.4, -0.2) is 12.6 Å². The average molecular weight is 349 g/mol. The maximum atomic E-state index is 11.7. The Kier molecular flexibility index (Phi) is 5.97. The highest BCUT2D eigenvalue weighted by Gasteiger charge is 2.10. The SMILES string of the molecule is CCNC(=O)Nc1cc(C)c(Sc2cc(Cl)ccc2C)c(C)c1. The van der Waals surface area contributed by atoms with Gasteiger partial charge in [-0.2, -0.15) is 0 Å². The zero-order valence-corrected chi connectivity index (χ0v) is 15.4. The lowest BCUT2D eigenvalue weighted by Crippen LogP contribution is -2.28. The third kappa shape index (κ3) is 4.66. The molecule has 0 aliphatic heterocycles. The van der Waals surface area contributed by atoms with Crippen LogP contribution in [0, 0.1) is 20.8 Å². The summed E-state index contributed by atoms with van der Waals surface area (Å²) in [4.78, 5) is 14.0. The first-order valence-corrected chi connectivity index (χ1v) is 8.70. The first-order chi connectivity index (χ1) is 10.9. The van der Waals surface area contributed by atoms with Gasteiger partial charge < -0.3 is 10.6 Å². The lowest BCUT2D eigenvalue weighted by molar-refractivity contribution is 0.252. The van der Waals surface area contributed by atoms with Crippen molar-refractivity contribution in [1.82, 2.24) is 5.32 Å². The molecule has 23 heavy (non-hydrogen) atoms. The Morgan fingerprint density at radius 1 is 1.09 bits per heavy atom. The van der Waals surface area contributed by atoms with Crippen molar-refractivity contribution in [3.05, 3.63) is 52.0 Å². The number of nitrogens with one attached hydrogen (secondary N) is 2. The van der Waals surface area contributed by atoms with E-state index in [0.717, 1.165) is 26.7 Å². The molecule has 0 fully saturated rings. The molecule has 0 saturated heterocycles. The molecule has 0 radical (unpaired) electrons. The predicted octanol–water partition coefficient (Wildman–Crippen LogP) is 5.56. The van der Waals surface area contributed by atoms with Crippen molar-refractivity contribution >= 4 is 35.1 Å². The molecule has 122 valence electrons. The van der Waals surface area contributed by atoms with E-state index in [1.54, 1.807) is 11.8 Å². The van der Waals surface area contributed by atoms with Crippen molar-refractivity contribution in [2.24, 2.45) is 0 Å². The van der Waals surface area contributed by atoms with Gasteiger partial charge in [-0.05, 0) is 68.7 Å². The molecule has 0 spiro atoms. The Bertz CT molecular complexity index is 708. The molecule has 0 aromatic heterocycles. The summed E-state index contributed by atoms with van der Waals surface area (Å²) in [6.07, 6.45) is 0. The Morgan fingerprint density at radius 3 is 2.35 bits per heavy atom. The van der Waals surface area contributed by atoms with Crippen molar-refractivity contribution in [1.29, 1.82) is 0 Å². The summed E-state index contributed by atoms with van der Waals surface area (Å²) in [7, 11) is 0. The molecule has 0 atom stereocenters. The number of rotatable bonds is 4. The molecule has 2 N–H and O–H groups in total. The fourth-order valence-electron chi connectivity index (χ4n) is 2.31. The van der Waals surface area contributed by atoms with Crippen LogP contribution in [0.4, 0.5) is 10.5 Å². The van der Waals surface area contributed by atoms with Crippen molar-refractivity contribution < 1.29 is 4.79 Å². The van der Waals surface area contributed by atoms with Gasteiger partial charge in [0.1, 0.15) is 0 Å². The highest BCUT2D eigenvalue weighted by atomic mass is 35.5. The number of carbonyl (C=O) groups excluding carboxylic acids is 1. The fraction of sp³-hybridized carbons (Fsp3) is 0.278. The minimum absolute atomic E-state index is 0.183. The summed E-state index contributed by atoms with van der Waals surface area (Å²) < 4.78 is 0. The summed E-state index contributed by atoms with van der Waals surface area (Å²) in [6, 6.07) is 9.72. The molecular weight excluding hydrogens is 328 g/mol. The normalized spacial score (nSPS) is 10.5. The first kappa shape index (κ1) is 17.7. The van der Waals surface area contributed by atoms with Gasteiger partial charge in [0.25, 0.3) is 0 Å². The van der Waals surface area contributed by atoms with Gasteiger partial charge in [0.05, 0.1) is 0 Å². The van der Waals surface area contributed by atoms with E-state index in [-0.39, 0.29) is 6.03 Å². The second-order valence-corrected chi connectivity index (χ2v) is 6.92. The highest BCUT2D eigenvalue weighted by molar-refractivity contribution is 7.99. The van der Waals surface area contributed by atoms with Gasteiger partial charge in [-0.25, -0.2) is 4.79 Å². The van der Waals surface area contributed by atoms with Crippen LogP contribution in [0.3, 0.4) is 0 Å². The minimum Gasteiger partial charge on any atom is -0.338 e. The average Bonchev–Trinajstić information content (AvgIpc) is 2.46. The highest BCUT2D eigenvalue weighted by Crippen LogP contribution is 2.37. The lowest BCUT2D eigenvalue weighted by atomic mass is 10.1. The minimum atomic E-state index is -0.183. The summed E-state index contributed by atoms with van der Waals surface area (Å²) in [6.45, 7) is 8.68. The molecule has 0 saturated carbocycles. The van der Waals surface area contributed by atoms with E-state index in [9.17, 15) is 4.79 Å². The molecule has 2 aromatic rings. The molecule has 2 rings (SSSR count).